The van der Waals surface area contributed by atoms with Crippen LogP contribution in [0.4, 0.5) is 0 Å². The van der Waals surface area contributed by atoms with Gasteiger partial charge in [0.15, 0.2) is 11.7 Å². The second-order valence-corrected chi connectivity index (χ2v) is 6.15. The van der Waals surface area contributed by atoms with Gasteiger partial charge in [-0.05, 0) is 42.0 Å². The summed E-state index contributed by atoms with van der Waals surface area (Å²) < 4.78 is 5.68. The van der Waals surface area contributed by atoms with Gasteiger partial charge in [0.1, 0.15) is 0 Å². The molecule has 0 saturated heterocycles. The van der Waals surface area contributed by atoms with E-state index in [9.17, 15) is 4.79 Å². The Hall–Kier alpha value is -3.10. The normalized spacial score (nSPS) is 10.3. The Morgan fingerprint density at radius 3 is 2.58 bits per heavy atom. The summed E-state index contributed by atoms with van der Waals surface area (Å²) in [6.07, 6.45) is 2.36. The van der Waals surface area contributed by atoms with E-state index in [1.807, 2.05) is 24.3 Å². The predicted octanol–water partition coefficient (Wildman–Crippen LogP) is 4.12. The van der Waals surface area contributed by atoms with Gasteiger partial charge >= 0.3 is 0 Å². The fourth-order valence-corrected chi connectivity index (χ4v) is 2.51. The molecule has 0 atom stereocenters. The number of halogens is 1. The molecule has 0 aliphatic carbocycles. The molecule has 1 heterocycles. The van der Waals surface area contributed by atoms with E-state index in [0.29, 0.717) is 35.2 Å². The first-order valence-corrected chi connectivity index (χ1v) is 8.48. The lowest BCUT2D eigenvalue weighted by molar-refractivity contribution is -0.121. The van der Waals surface area contributed by atoms with Gasteiger partial charge < -0.3 is 9.73 Å². The first-order valence-electron chi connectivity index (χ1n) is 8.10. The number of nitrogens with zero attached hydrogens (tertiary/aromatic N) is 2. The zero-order valence-corrected chi connectivity index (χ0v) is 14.7. The highest BCUT2D eigenvalue weighted by Gasteiger charge is 2.09. The molecule has 1 N–H and O–H groups in total. The molecule has 5 nitrogen and oxygen atoms in total. The van der Waals surface area contributed by atoms with Crippen LogP contribution in [-0.4, -0.2) is 10.9 Å². The molecule has 0 fully saturated rings. The topological polar surface area (TPSA) is 78.9 Å². The van der Waals surface area contributed by atoms with E-state index < -0.39 is 0 Å². The van der Waals surface area contributed by atoms with Gasteiger partial charge in [-0.3, -0.25) is 4.79 Å². The molecule has 0 aliphatic heterocycles. The largest absolute Gasteiger partial charge is 0.441 e. The Balaban J connectivity index is 1.48. The monoisotopic (exact) mass is 365 g/mol. The van der Waals surface area contributed by atoms with Crippen LogP contribution < -0.4 is 5.32 Å². The zero-order valence-electron chi connectivity index (χ0n) is 13.9. The Morgan fingerprint density at radius 1 is 1.15 bits per heavy atom. The Labute approximate surface area is 156 Å². The molecule has 0 bridgehead atoms. The fraction of sp³-hybridized carbons (Fsp3) is 0.150. The Morgan fingerprint density at radius 2 is 1.88 bits per heavy atom. The first-order chi connectivity index (χ1) is 12.6. The predicted molar refractivity (Wildman–Crippen MR) is 98.3 cm³/mol. The minimum atomic E-state index is -0.0828. The maximum Gasteiger partial charge on any atom is 0.220 e. The van der Waals surface area contributed by atoms with Gasteiger partial charge in [0.25, 0.3) is 0 Å². The van der Waals surface area contributed by atoms with Crippen molar-refractivity contribution >= 4 is 17.5 Å². The lowest BCUT2D eigenvalue weighted by Gasteiger charge is -2.04. The molecule has 0 spiro atoms. The van der Waals surface area contributed by atoms with Gasteiger partial charge in [0.2, 0.25) is 5.91 Å². The van der Waals surface area contributed by atoms with Crippen LogP contribution in [0.15, 0.2) is 59.1 Å². The highest BCUT2D eigenvalue weighted by molar-refractivity contribution is 6.30. The van der Waals surface area contributed by atoms with Crippen LogP contribution in [0.3, 0.4) is 0 Å². The van der Waals surface area contributed by atoms with Gasteiger partial charge in [-0.1, -0.05) is 23.7 Å². The van der Waals surface area contributed by atoms with Crippen LogP contribution in [0.2, 0.25) is 5.02 Å². The van der Waals surface area contributed by atoms with Crippen LogP contribution in [-0.2, 0) is 17.8 Å². The summed E-state index contributed by atoms with van der Waals surface area (Å²) in [6, 6.07) is 16.5. The number of oxazole rings is 1. The lowest BCUT2D eigenvalue weighted by Crippen LogP contribution is -2.23. The average Bonchev–Trinajstić information content (AvgIpc) is 3.14. The van der Waals surface area contributed by atoms with Crippen LogP contribution in [0, 0.1) is 11.3 Å². The summed E-state index contributed by atoms with van der Waals surface area (Å²) in [4.78, 5) is 16.2. The van der Waals surface area contributed by atoms with Crippen LogP contribution in [0.1, 0.15) is 23.4 Å². The number of benzene rings is 2. The molecule has 1 aromatic heterocycles. The second-order valence-electron chi connectivity index (χ2n) is 5.71. The third kappa shape index (κ3) is 4.71. The van der Waals surface area contributed by atoms with E-state index in [-0.39, 0.29) is 12.3 Å². The number of hydrogen-bond donors (Lipinski definition) is 1. The molecule has 0 unspecified atom stereocenters. The van der Waals surface area contributed by atoms with Crippen molar-refractivity contribution < 1.29 is 9.21 Å². The number of aryl methyl sites for hydroxylation is 1. The molecule has 3 aromatic rings. The molecule has 1 amide bonds. The number of nitrogens with one attached hydrogen (secondary N) is 1. The molecule has 2 aromatic carbocycles. The summed E-state index contributed by atoms with van der Waals surface area (Å²) in [7, 11) is 0. The number of nitriles is 1. The number of amides is 1. The van der Waals surface area contributed by atoms with Crippen molar-refractivity contribution in [2.45, 2.75) is 19.4 Å². The van der Waals surface area contributed by atoms with E-state index in [0.717, 1.165) is 11.1 Å². The minimum absolute atomic E-state index is 0.0828. The molecule has 26 heavy (non-hydrogen) atoms. The molecular formula is C20H16ClN3O2. The highest BCUT2D eigenvalue weighted by atomic mass is 35.5. The molecule has 6 heteroatoms. The van der Waals surface area contributed by atoms with E-state index in [4.69, 9.17) is 21.3 Å². The van der Waals surface area contributed by atoms with Crippen molar-refractivity contribution in [3.63, 3.8) is 0 Å². The van der Waals surface area contributed by atoms with Crippen LogP contribution in [0.25, 0.3) is 11.3 Å². The average molecular weight is 366 g/mol. The molecule has 3 rings (SSSR count). The summed E-state index contributed by atoms with van der Waals surface area (Å²) in [5.41, 5.74) is 2.43. The number of hydrogen-bond acceptors (Lipinski definition) is 4. The van der Waals surface area contributed by atoms with Crippen molar-refractivity contribution in [1.29, 1.82) is 5.26 Å². The fourth-order valence-electron chi connectivity index (χ4n) is 2.38. The van der Waals surface area contributed by atoms with Crippen molar-refractivity contribution in [3.8, 4) is 17.4 Å². The van der Waals surface area contributed by atoms with Crippen LogP contribution >= 0.6 is 11.6 Å². The van der Waals surface area contributed by atoms with Gasteiger partial charge in [0.05, 0.1) is 17.8 Å². The third-order valence-corrected chi connectivity index (χ3v) is 4.07. The number of aromatic nitrogens is 1. The molecule has 130 valence electrons. The zero-order chi connectivity index (χ0) is 18.4. The van der Waals surface area contributed by atoms with Crippen molar-refractivity contribution in [1.82, 2.24) is 10.3 Å². The third-order valence-electron chi connectivity index (χ3n) is 3.82. The number of rotatable bonds is 6. The SMILES string of the molecule is N#Cc1ccc(CNC(=O)CCc2ncc(-c3ccc(Cl)cc3)o2)cc1. The van der Waals surface area contributed by atoms with Crippen molar-refractivity contribution in [3.05, 3.63) is 76.8 Å². The Kier molecular flexibility index (Phi) is 5.67. The maximum absolute atomic E-state index is 12.0. The second kappa shape index (κ2) is 8.32. The van der Waals surface area contributed by atoms with Crippen molar-refractivity contribution in [2.24, 2.45) is 0 Å². The molecular weight excluding hydrogens is 350 g/mol. The summed E-state index contributed by atoms with van der Waals surface area (Å²) >= 11 is 5.87. The summed E-state index contributed by atoms with van der Waals surface area (Å²) in [6.45, 7) is 0.423. The van der Waals surface area contributed by atoms with Crippen LogP contribution in [0.5, 0.6) is 0 Å². The number of carbonyl (C=O) groups excluding carboxylic acids is 1. The van der Waals surface area contributed by atoms with Gasteiger partial charge in [-0.15, -0.1) is 0 Å². The quantitative estimate of drug-likeness (QED) is 0.712. The van der Waals surface area contributed by atoms with Gasteiger partial charge in [-0.25, -0.2) is 4.98 Å². The highest BCUT2D eigenvalue weighted by Crippen LogP contribution is 2.22. The molecule has 0 aliphatic rings. The van der Waals surface area contributed by atoms with E-state index >= 15 is 0 Å². The Bertz CT molecular complexity index is 925. The van der Waals surface area contributed by atoms with Gasteiger partial charge in [-0.2, -0.15) is 5.26 Å². The van der Waals surface area contributed by atoms with Crippen molar-refractivity contribution in [2.75, 3.05) is 0 Å². The van der Waals surface area contributed by atoms with E-state index in [2.05, 4.69) is 16.4 Å². The first kappa shape index (κ1) is 17.7. The molecule has 0 radical (unpaired) electrons. The molecule has 0 saturated carbocycles. The van der Waals surface area contributed by atoms with E-state index in [1.54, 1.807) is 30.5 Å². The standard InChI is InChI=1S/C20H16ClN3O2/c21-17-7-5-16(6-8-17)18-13-24-20(26-18)10-9-19(25)23-12-15-3-1-14(11-22)2-4-15/h1-8,13H,9-10,12H2,(H,23,25). The van der Waals surface area contributed by atoms with Gasteiger partial charge in [0, 0.05) is 30.0 Å². The summed E-state index contributed by atoms with van der Waals surface area (Å²) in [5.74, 6) is 1.08. The maximum atomic E-state index is 12.0. The minimum Gasteiger partial charge on any atom is -0.441 e. The lowest BCUT2D eigenvalue weighted by atomic mass is 10.1. The summed E-state index contributed by atoms with van der Waals surface area (Å²) in [5, 5.41) is 12.3. The smallest absolute Gasteiger partial charge is 0.220 e. The number of carbonyl (C=O) groups is 1. The van der Waals surface area contributed by atoms with E-state index in [1.165, 1.54) is 0 Å².